The highest BCUT2D eigenvalue weighted by Crippen LogP contribution is 2.15. The van der Waals surface area contributed by atoms with Crippen molar-refractivity contribution in [2.75, 3.05) is 6.26 Å². The molecule has 78 valence electrons. The fourth-order valence-corrected chi connectivity index (χ4v) is 0.250. The molecule has 0 amide bonds. The van der Waals surface area contributed by atoms with Crippen LogP contribution in [-0.4, -0.2) is 6.26 Å². The van der Waals surface area contributed by atoms with Crippen LogP contribution in [0.2, 0.25) is 0 Å². The van der Waals surface area contributed by atoms with E-state index in [1.807, 2.05) is 13.8 Å². The highest BCUT2D eigenvalue weighted by atomic mass is 32.1. The minimum atomic E-state index is 1.32. The molecule has 1 aliphatic carbocycles. The van der Waals surface area contributed by atoms with Gasteiger partial charge in [-0.25, -0.2) is 0 Å². The number of hydrogen-bond acceptors (Lipinski definition) is 1. The molecule has 0 aliphatic heterocycles. The van der Waals surface area contributed by atoms with Crippen molar-refractivity contribution in [3.05, 3.63) is 0 Å². The molecule has 0 bridgehead atoms. The Morgan fingerprint density at radius 2 is 0.917 bits per heavy atom. The van der Waals surface area contributed by atoms with Crippen LogP contribution >= 0.6 is 12.6 Å². The van der Waals surface area contributed by atoms with Gasteiger partial charge in [0.25, 0.3) is 0 Å². The first kappa shape index (κ1) is 18.2. The summed E-state index contributed by atoms with van der Waals surface area (Å²) < 4.78 is 0. The van der Waals surface area contributed by atoms with Gasteiger partial charge in [-0.05, 0) is 6.26 Å². The molecule has 0 unspecified atom stereocenters. The molecule has 1 aliphatic rings. The topological polar surface area (TPSA) is 0 Å². The van der Waals surface area contributed by atoms with E-state index in [1.54, 1.807) is 6.26 Å². The minimum absolute atomic E-state index is 1.32. The summed E-state index contributed by atoms with van der Waals surface area (Å²) in [5.74, 6) is 0. The van der Waals surface area contributed by atoms with E-state index in [1.165, 1.54) is 38.5 Å². The van der Waals surface area contributed by atoms with Crippen LogP contribution in [0.3, 0.4) is 0 Å². The van der Waals surface area contributed by atoms with Crippen molar-refractivity contribution in [3.8, 4) is 0 Å². The first-order valence-electron chi connectivity index (χ1n) is 5.36. The molecule has 1 rings (SSSR count). The van der Waals surface area contributed by atoms with Crippen LogP contribution in [0.15, 0.2) is 0 Å². The summed E-state index contributed by atoms with van der Waals surface area (Å²) in [6.07, 6.45) is 10.3. The zero-order valence-corrected chi connectivity index (χ0v) is 10.6. The third-order valence-corrected chi connectivity index (χ3v) is 1.50. The maximum atomic E-state index is 3.53. The molecule has 0 radical (unpaired) electrons. The molecule has 0 nitrogen and oxygen atoms in total. The van der Waals surface area contributed by atoms with Gasteiger partial charge in [0, 0.05) is 0 Å². The maximum Gasteiger partial charge on any atom is -0.0215 e. The van der Waals surface area contributed by atoms with Crippen LogP contribution < -0.4 is 0 Å². The smallest absolute Gasteiger partial charge is 0.0215 e. The van der Waals surface area contributed by atoms with E-state index in [9.17, 15) is 0 Å². The van der Waals surface area contributed by atoms with Gasteiger partial charge >= 0.3 is 0 Å². The molecule has 0 spiro atoms. The molecule has 1 saturated carbocycles. The summed E-state index contributed by atoms with van der Waals surface area (Å²) in [7, 11) is 0. The van der Waals surface area contributed by atoms with E-state index < -0.39 is 0 Å². The van der Waals surface area contributed by atoms with E-state index in [4.69, 9.17) is 0 Å². The van der Waals surface area contributed by atoms with Crippen molar-refractivity contribution < 1.29 is 0 Å². The molecule has 12 heavy (non-hydrogen) atoms. The van der Waals surface area contributed by atoms with Gasteiger partial charge in [-0.1, -0.05) is 66.2 Å². The highest BCUT2D eigenvalue weighted by molar-refractivity contribution is 7.79. The Balaban J connectivity index is -0.0000000967. The van der Waals surface area contributed by atoms with E-state index in [2.05, 4.69) is 26.5 Å². The molecule has 0 saturated heterocycles. The van der Waals surface area contributed by atoms with E-state index in [0.29, 0.717) is 0 Å². The molecular formula is C11H28S. The lowest BCUT2D eigenvalue weighted by molar-refractivity contribution is 0.504. The lowest BCUT2D eigenvalue weighted by Crippen LogP contribution is -1.85. The van der Waals surface area contributed by atoms with Crippen molar-refractivity contribution in [2.24, 2.45) is 0 Å². The summed E-state index contributed by atoms with van der Waals surface area (Å²) in [4.78, 5) is 0. The summed E-state index contributed by atoms with van der Waals surface area (Å²) >= 11 is 3.53. The van der Waals surface area contributed by atoms with Crippen molar-refractivity contribution in [1.82, 2.24) is 0 Å². The average Bonchev–Trinajstić information content (AvgIpc) is 2.08. The Bertz CT molecular complexity index is 26.0. The summed E-state index contributed by atoms with van der Waals surface area (Å²) in [6, 6.07) is 0. The number of unbranched alkanes of at least 4 members (excludes halogenated alkanes) is 1. The molecule has 1 fully saturated rings. The standard InChI is InChI=1S/C4H8.C4H10.C2H6.CH4S/c1-2-4-3-1;1-3-4-2;2*1-2/h1-4H2;3-4H2,1-2H3;1-2H3;2H,1H3. The van der Waals surface area contributed by atoms with E-state index in [0.717, 1.165) is 0 Å². The van der Waals surface area contributed by atoms with Crippen LogP contribution in [0.4, 0.5) is 0 Å². The van der Waals surface area contributed by atoms with Gasteiger partial charge in [0.05, 0.1) is 0 Å². The minimum Gasteiger partial charge on any atom is -0.183 e. The van der Waals surface area contributed by atoms with Crippen LogP contribution in [0, 0.1) is 0 Å². The summed E-state index contributed by atoms with van der Waals surface area (Å²) in [5.41, 5.74) is 0. The van der Waals surface area contributed by atoms with Gasteiger partial charge in [-0.2, -0.15) is 12.6 Å². The Kier molecular flexibility index (Phi) is 45.7. The normalized spacial score (nSPS) is 11.5. The fraction of sp³-hybridized carbons (Fsp3) is 1.00. The van der Waals surface area contributed by atoms with Gasteiger partial charge in [0.1, 0.15) is 0 Å². The van der Waals surface area contributed by atoms with Gasteiger partial charge in [0.15, 0.2) is 0 Å². The Labute approximate surface area is 85.6 Å². The fourth-order valence-electron chi connectivity index (χ4n) is 0.250. The van der Waals surface area contributed by atoms with Gasteiger partial charge in [-0.15, -0.1) is 0 Å². The second kappa shape index (κ2) is 30.2. The monoisotopic (exact) mass is 192 g/mol. The lowest BCUT2D eigenvalue weighted by Gasteiger charge is -2.05. The van der Waals surface area contributed by atoms with E-state index in [-0.39, 0.29) is 0 Å². The molecule has 0 aromatic carbocycles. The second-order valence-electron chi connectivity index (χ2n) is 2.41. The molecule has 1 heteroatoms. The quantitative estimate of drug-likeness (QED) is 0.559. The van der Waals surface area contributed by atoms with Crippen LogP contribution in [-0.2, 0) is 0 Å². The van der Waals surface area contributed by atoms with Gasteiger partial charge in [0.2, 0.25) is 0 Å². The number of rotatable bonds is 1. The number of hydrogen-bond donors (Lipinski definition) is 1. The maximum absolute atomic E-state index is 3.53. The van der Waals surface area contributed by atoms with Crippen LogP contribution in [0.5, 0.6) is 0 Å². The molecule has 0 atom stereocenters. The first-order chi connectivity index (χ1) is 5.91. The Morgan fingerprint density at radius 3 is 0.917 bits per heavy atom. The predicted octanol–water partition coefficient (Wildman–Crippen LogP) is 4.94. The molecule has 0 heterocycles. The first-order valence-corrected chi connectivity index (χ1v) is 6.26. The predicted molar refractivity (Wildman–Crippen MR) is 65.3 cm³/mol. The summed E-state index contributed by atoms with van der Waals surface area (Å²) in [5, 5.41) is 0. The van der Waals surface area contributed by atoms with Crippen LogP contribution in [0.1, 0.15) is 66.2 Å². The zero-order valence-electron chi connectivity index (χ0n) is 9.69. The largest absolute Gasteiger partial charge is 0.183 e. The van der Waals surface area contributed by atoms with Crippen molar-refractivity contribution >= 4 is 12.6 Å². The second-order valence-corrected chi connectivity index (χ2v) is 2.41. The molecular weight excluding hydrogens is 164 g/mol. The van der Waals surface area contributed by atoms with Crippen molar-refractivity contribution in [1.29, 1.82) is 0 Å². The molecule has 0 aromatic heterocycles. The SMILES string of the molecule is C1CCC1.CC.CCCC.CS. The summed E-state index contributed by atoms with van der Waals surface area (Å²) in [6.45, 7) is 8.36. The lowest BCUT2D eigenvalue weighted by atomic mass is 10.0. The van der Waals surface area contributed by atoms with Crippen molar-refractivity contribution in [2.45, 2.75) is 66.2 Å². The highest BCUT2D eigenvalue weighted by Gasteiger charge is 1.95. The third-order valence-electron chi connectivity index (χ3n) is 1.50. The molecule has 0 N–H and O–H groups in total. The molecule has 0 aromatic rings. The van der Waals surface area contributed by atoms with Gasteiger partial charge < -0.3 is 0 Å². The zero-order chi connectivity index (χ0) is 10.2. The third kappa shape index (κ3) is 31.6. The Morgan fingerprint density at radius 1 is 0.750 bits per heavy atom. The van der Waals surface area contributed by atoms with Gasteiger partial charge in [-0.3, -0.25) is 0 Å². The van der Waals surface area contributed by atoms with E-state index >= 15 is 0 Å². The average molecular weight is 192 g/mol. The van der Waals surface area contributed by atoms with Crippen molar-refractivity contribution in [3.63, 3.8) is 0 Å². The Hall–Kier alpha value is 0.350. The number of thiol groups is 1. The van der Waals surface area contributed by atoms with Crippen LogP contribution in [0.25, 0.3) is 0 Å².